The Bertz CT molecular complexity index is 687. The molecule has 0 aliphatic carbocycles. The molecule has 120 valence electrons. The molecular formula is C17H19N3O2S. The van der Waals surface area contributed by atoms with Crippen LogP contribution in [0.25, 0.3) is 0 Å². The summed E-state index contributed by atoms with van der Waals surface area (Å²) in [7, 11) is 0. The van der Waals surface area contributed by atoms with E-state index in [4.69, 9.17) is 0 Å². The number of benzene rings is 1. The number of hydrogen-bond donors (Lipinski definition) is 2. The smallest absolute Gasteiger partial charge is 0.248 e. The molecule has 3 atom stereocenters. The van der Waals surface area contributed by atoms with Gasteiger partial charge in [-0.1, -0.05) is 30.3 Å². The molecule has 2 fully saturated rings. The quantitative estimate of drug-likeness (QED) is 0.654. The van der Waals surface area contributed by atoms with Crippen LogP contribution in [0.3, 0.4) is 0 Å². The van der Waals surface area contributed by atoms with Gasteiger partial charge in [-0.2, -0.15) is 17.9 Å². The Morgan fingerprint density at radius 1 is 1.48 bits per heavy atom. The lowest BCUT2D eigenvalue weighted by atomic mass is 9.75. The molecule has 1 N–H and O–H groups in total. The molecule has 3 unspecified atom stereocenters. The molecule has 5 nitrogen and oxygen atoms in total. The highest BCUT2D eigenvalue weighted by Gasteiger charge is 2.66. The van der Waals surface area contributed by atoms with Gasteiger partial charge in [0.1, 0.15) is 5.54 Å². The summed E-state index contributed by atoms with van der Waals surface area (Å²) in [6.07, 6.45) is 0.614. The van der Waals surface area contributed by atoms with Gasteiger partial charge in [-0.25, -0.2) is 0 Å². The van der Waals surface area contributed by atoms with Crippen molar-refractivity contribution in [2.45, 2.75) is 31.3 Å². The highest BCUT2D eigenvalue weighted by Crippen LogP contribution is 2.56. The Balaban J connectivity index is 2.13. The number of amides is 2. The zero-order valence-electron chi connectivity index (χ0n) is 13.0. The van der Waals surface area contributed by atoms with Crippen molar-refractivity contribution in [3.63, 3.8) is 0 Å². The maximum absolute atomic E-state index is 12.8. The van der Waals surface area contributed by atoms with E-state index >= 15 is 0 Å². The van der Waals surface area contributed by atoms with Crippen LogP contribution < -0.4 is 5.32 Å². The summed E-state index contributed by atoms with van der Waals surface area (Å²) in [5.41, 5.74) is -0.809. The fraction of sp³-hybridized carbons (Fsp3) is 0.471. The predicted octanol–water partition coefficient (Wildman–Crippen LogP) is 1.68. The minimum absolute atomic E-state index is 0.123. The van der Waals surface area contributed by atoms with Gasteiger partial charge in [0.25, 0.3) is 0 Å². The molecule has 1 spiro atoms. The van der Waals surface area contributed by atoms with Crippen LogP contribution in [0.5, 0.6) is 0 Å². The average molecular weight is 329 g/mol. The average Bonchev–Trinajstić information content (AvgIpc) is 2.87. The molecule has 3 rings (SSSR count). The third-order valence-corrected chi connectivity index (χ3v) is 5.14. The minimum atomic E-state index is -0.898. The zero-order valence-corrected chi connectivity index (χ0v) is 13.8. The summed E-state index contributed by atoms with van der Waals surface area (Å²) in [6.45, 7) is 2.25. The second-order valence-electron chi connectivity index (χ2n) is 6.47. The van der Waals surface area contributed by atoms with E-state index in [0.717, 1.165) is 5.56 Å². The second-order valence-corrected chi connectivity index (χ2v) is 6.92. The molecule has 2 aliphatic heterocycles. The highest BCUT2D eigenvalue weighted by atomic mass is 32.1. The molecule has 2 heterocycles. The van der Waals surface area contributed by atoms with Crippen LogP contribution in [-0.2, 0) is 9.59 Å². The lowest BCUT2D eigenvalue weighted by Crippen LogP contribution is -2.71. The van der Waals surface area contributed by atoms with Crippen molar-refractivity contribution in [1.29, 1.82) is 5.26 Å². The Kier molecular flexibility index (Phi) is 3.85. The first kappa shape index (κ1) is 15.9. The van der Waals surface area contributed by atoms with Crippen molar-refractivity contribution >= 4 is 24.4 Å². The summed E-state index contributed by atoms with van der Waals surface area (Å²) in [5.74, 6) is 0.130. The van der Waals surface area contributed by atoms with E-state index in [9.17, 15) is 14.9 Å². The van der Waals surface area contributed by atoms with Crippen molar-refractivity contribution in [3.05, 3.63) is 35.9 Å². The van der Waals surface area contributed by atoms with Gasteiger partial charge in [-0.05, 0) is 18.2 Å². The topological polar surface area (TPSA) is 73.2 Å². The minimum Gasteiger partial charge on any atom is -0.351 e. The Morgan fingerprint density at radius 3 is 2.65 bits per heavy atom. The van der Waals surface area contributed by atoms with Gasteiger partial charge in [-0.15, -0.1) is 0 Å². The lowest BCUT2D eigenvalue weighted by Gasteiger charge is -2.46. The third-order valence-electron chi connectivity index (χ3n) is 4.91. The van der Waals surface area contributed by atoms with Crippen molar-refractivity contribution in [2.75, 3.05) is 12.3 Å². The monoisotopic (exact) mass is 329 g/mol. The van der Waals surface area contributed by atoms with E-state index in [-0.39, 0.29) is 18.2 Å². The highest BCUT2D eigenvalue weighted by molar-refractivity contribution is 7.80. The normalized spacial score (nSPS) is 32.3. The molecular weight excluding hydrogens is 310 g/mol. The van der Waals surface area contributed by atoms with Crippen LogP contribution in [0, 0.1) is 16.7 Å². The maximum atomic E-state index is 12.8. The van der Waals surface area contributed by atoms with Gasteiger partial charge in [0.15, 0.2) is 0 Å². The third kappa shape index (κ3) is 2.22. The molecule has 2 saturated heterocycles. The summed E-state index contributed by atoms with van der Waals surface area (Å²) in [5, 5.41) is 12.5. The molecule has 0 radical (unpaired) electrons. The second kappa shape index (κ2) is 5.57. The zero-order chi connectivity index (χ0) is 16.7. The number of carbonyl (C=O) groups is 2. The van der Waals surface area contributed by atoms with E-state index < -0.39 is 17.0 Å². The standard InChI is InChI=1S/C17H19N3O2S/c1-16(10-18)9-17(11-19-15(17)22)20(13(21)7-8-23)14(16)12-5-3-2-4-6-12/h2-6,14,23H,7-9,11H2,1H3,(H,19,22). The fourth-order valence-electron chi connectivity index (χ4n) is 3.88. The van der Waals surface area contributed by atoms with Crippen LogP contribution >= 0.6 is 12.6 Å². The van der Waals surface area contributed by atoms with Crippen molar-refractivity contribution in [2.24, 2.45) is 5.41 Å². The molecule has 2 amide bonds. The van der Waals surface area contributed by atoms with Crippen molar-refractivity contribution < 1.29 is 9.59 Å². The van der Waals surface area contributed by atoms with E-state index in [1.165, 1.54) is 0 Å². The van der Waals surface area contributed by atoms with Crippen molar-refractivity contribution in [3.8, 4) is 6.07 Å². The van der Waals surface area contributed by atoms with Gasteiger partial charge in [0.05, 0.1) is 24.1 Å². The van der Waals surface area contributed by atoms with E-state index in [0.29, 0.717) is 18.7 Å². The number of nitrogens with one attached hydrogen (secondary N) is 1. The molecule has 2 aliphatic rings. The summed E-state index contributed by atoms with van der Waals surface area (Å²) in [6, 6.07) is 11.4. The first-order valence-corrected chi connectivity index (χ1v) is 8.29. The Labute approximate surface area is 141 Å². The molecule has 1 aromatic carbocycles. The molecule has 23 heavy (non-hydrogen) atoms. The van der Waals surface area contributed by atoms with Crippen LogP contribution in [-0.4, -0.2) is 34.6 Å². The van der Waals surface area contributed by atoms with E-state index in [1.807, 2.05) is 37.3 Å². The number of thiol groups is 1. The molecule has 0 aromatic heterocycles. The number of likely N-dealkylation sites (tertiary alicyclic amines) is 1. The number of carbonyl (C=O) groups excluding carboxylic acids is 2. The predicted molar refractivity (Wildman–Crippen MR) is 88.6 cm³/mol. The van der Waals surface area contributed by atoms with Gasteiger partial charge < -0.3 is 10.2 Å². The van der Waals surface area contributed by atoms with Gasteiger partial charge in [0.2, 0.25) is 11.8 Å². The maximum Gasteiger partial charge on any atom is 0.248 e. The SMILES string of the molecule is CC1(C#N)CC2(CNC2=O)N(C(=O)CCS)C1c1ccccc1. The molecule has 6 heteroatoms. The molecule has 1 aromatic rings. The van der Waals surface area contributed by atoms with Gasteiger partial charge >= 0.3 is 0 Å². The van der Waals surface area contributed by atoms with E-state index in [2.05, 4.69) is 24.0 Å². The first-order valence-electron chi connectivity index (χ1n) is 7.66. The van der Waals surface area contributed by atoms with Gasteiger partial charge in [-0.3, -0.25) is 9.59 Å². The first-order chi connectivity index (χ1) is 11.0. The summed E-state index contributed by atoms with van der Waals surface area (Å²) >= 11 is 4.15. The summed E-state index contributed by atoms with van der Waals surface area (Å²) < 4.78 is 0. The molecule has 0 bridgehead atoms. The van der Waals surface area contributed by atoms with Gasteiger partial charge in [0, 0.05) is 12.8 Å². The number of nitriles is 1. The van der Waals surface area contributed by atoms with Crippen LogP contribution in [0.2, 0.25) is 0 Å². The summed E-state index contributed by atoms with van der Waals surface area (Å²) in [4.78, 5) is 26.7. The largest absolute Gasteiger partial charge is 0.351 e. The van der Waals surface area contributed by atoms with Crippen LogP contribution in [0.1, 0.15) is 31.4 Å². The van der Waals surface area contributed by atoms with Crippen LogP contribution in [0.15, 0.2) is 30.3 Å². The number of hydrogen-bond acceptors (Lipinski definition) is 4. The number of rotatable bonds is 3. The fourth-order valence-corrected chi connectivity index (χ4v) is 4.07. The molecule has 0 saturated carbocycles. The number of β-lactam (4-membered cyclic amide) rings is 1. The van der Waals surface area contributed by atoms with Crippen LogP contribution in [0.4, 0.5) is 0 Å². The number of nitrogens with zero attached hydrogens (tertiary/aromatic N) is 2. The lowest BCUT2D eigenvalue weighted by molar-refractivity contribution is -0.154. The van der Waals surface area contributed by atoms with E-state index in [1.54, 1.807) is 4.90 Å². The Morgan fingerprint density at radius 2 is 2.17 bits per heavy atom. The Hall–Kier alpha value is -2.00. The van der Waals surface area contributed by atoms with Crippen molar-refractivity contribution in [1.82, 2.24) is 10.2 Å².